The van der Waals surface area contributed by atoms with Gasteiger partial charge in [0.05, 0.1) is 16.2 Å². The number of alkyl halides is 3. The lowest BCUT2D eigenvalue weighted by Crippen LogP contribution is -2.30. The number of sulfone groups is 1. The number of fused-ring (bicyclic) bond motifs is 3. The van der Waals surface area contributed by atoms with Gasteiger partial charge < -0.3 is 5.32 Å². The molecule has 142 valence electrons. The predicted octanol–water partition coefficient (Wildman–Crippen LogP) is 3.60. The summed E-state index contributed by atoms with van der Waals surface area (Å²) in [5.74, 6) is -3.89. The summed E-state index contributed by atoms with van der Waals surface area (Å²) in [6, 6.07) is 10.3. The van der Waals surface area contributed by atoms with E-state index in [1.165, 1.54) is 24.3 Å². The first-order chi connectivity index (χ1) is 12.5. The van der Waals surface area contributed by atoms with Gasteiger partial charge in [-0.3, -0.25) is 9.59 Å². The number of ketones is 1. The van der Waals surface area contributed by atoms with E-state index in [1.54, 1.807) is 18.2 Å². The Balaban J connectivity index is 1.86. The average Bonchev–Trinajstić information content (AvgIpc) is 2.80. The minimum absolute atomic E-state index is 0.0680. The van der Waals surface area contributed by atoms with Crippen LogP contribution in [0.25, 0.3) is 11.1 Å². The Hall–Kier alpha value is -2.68. The van der Waals surface area contributed by atoms with Crippen LogP contribution in [0.3, 0.4) is 0 Å². The summed E-state index contributed by atoms with van der Waals surface area (Å²) in [4.78, 5) is 24.0. The van der Waals surface area contributed by atoms with Crippen molar-refractivity contribution >= 4 is 27.2 Å². The number of rotatable bonds is 4. The first kappa shape index (κ1) is 19.1. The topological polar surface area (TPSA) is 80.3 Å². The number of anilines is 1. The van der Waals surface area contributed by atoms with Crippen LogP contribution in [-0.2, 0) is 19.4 Å². The molecule has 1 N–H and O–H groups in total. The number of nitrogens with one attached hydrogen (secondary N) is 1. The van der Waals surface area contributed by atoms with E-state index in [-0.39, 0.29) is 15.5 Å². The molecule has 1 heterocycles. The quantitative estimate of drug-likeness (QED) is 0.683. The third kappa shape index (κ3) is 3.59. The zero-order valence-electron chi connectivity index (χ0n) is 14.0. The van der Waals surface area contributed by atoms with E-state index in [0.717, 1.165) is 6.92 Å². The van der Waals surface area contributed by atoms with E-state index in [1.807, 2.05) is 0 Å². The molecule has 0 bridgehead atoms. The van der Waals surface area contributed by atoms with Crippen molar-refractivity contribution in [2.24, 2.45) is 5.92 Å². The summed E-state index contributed by atoms with van der Waals surface area (Å²) in [7, 11) is -3.66. The normalized spacial score (nSPS) is 15.6. The van der Waals surface area contributed by atoms with E-state index in [2.05, 4.69) is 5.32 Å². The number of carbonyl (C=O) groups is 2. The molecule has 1 atom stereocenters. The molecule has 2 aromatic rings. The van der Waals surface area contributed by atoms with Gasteiger partial charge >= 0.3 is 6.18 Å². The van der Waals surface area contributed by atoms with Crippen molar-refractivity contribution in [1.29, 1.82) is 0 Å². The highest BCUT2D eigenvalue weighted by Crippen LogP contribution is 2.43. The summed E-state index contributed by atoms with van der Waals surface area (Å²) in [6.07, 6.45) is -5.95. The predicted molar refractivity (Wildman–Crippen MR) is 90.8 cm³/mol. The van der Waals surface area contributed by atoms with Crippen LogP contribution in [0.5, 0.6) is 0 Å². The van der Waals surface area contributed by atoms with Crippen molar-refractivity contribution in [3.05, 3.63) is 42.5 Å². The molecule has 0 saturated carbocycles. The van der Waals surface area contributed by atoms with Gasteiger partial charge in [-0.2, -0.15) is 13.2 Å². The molecule has 5 nitrogen and oxygen atoms in total. The smallest absolute Gasteiger partial charge is 0.319 e. The molecule has 1 amide bonds. The summed E-state index contributed by atoms with van der Waals surface area (Å²) in [6.45, 7) is 1.03. The molecular formula is C18H14F3NO4S. The summed E-state index contributed by atoms with van der Waals surface area (Å²) >= 11 is 0. The Kier molecular flexibility index (Phi) is 4.59. The summed E-state index contributed by atoms with van der Waals surface area (Å²) in [5.41, 5.74) is 0.942. The van der Waals surface area contributed by atoms with Crippen LogP contribution in [0, 0.1) is 5.92 Å². The maximum atomic E-state index is 12.5. The van der Waals surface area contributed by atoms with E-state index in [4.69, 9.17) is 0 Å². The van der Waals surface area contributed by atoms with Crippen molar-refractivity contribution in [3.63, 3.8) is 0 Å². The third-order valence-electron chi connectivity index (χ3n) is 4.20. The molecule has 0 radical (unpaired) electrons. The lowest BCUT2D eigenvalue weighted by atomic mass is 10.0. The molecule has 0 aromatic heterocycles. The lowest BCUT2D eigenvalue weighted by molar-refractivity contribution is -0.154. The largest absolute Gasteiger partial charge is 0.389 e. The van der Waals surface area contributed by atoms with Crippen LogP contribution in [-0.4, -0.2) is 26.3 Å². The molecular weight excluding hydrogens is 383 g/mol. The number of hydrogen-bond donors (Lipinski definition) is 1. The standard InChI is InChI=1S/C18H14F3NO4S/c1-10(9-18(19,20)21)16(23)17(24)22-11-6-7-15-13(8-11)12-4-2-3-5-14(12)27(15,25)26/h2-8,10H,9H2,1H3,(H,22,24). The molecule has 1 aliphatic heterocycles. The third-order valence-corrected chi connectivity index (χ3v) is 6.07. The maximum Gasteiger partial charge on any atom is 0.389 e. The Morgan fingerprint density at radius 2 is 1.67 bits per heavy atom. The van der Waals surface area contributed by atoms with Gasteiger partial charge in [-0.1, -0.05) is 25.1 Å². The summed E-state index contributed by atoms with van der Waals surface area (Å²) < 4.78 is 62.1. The first-order valence-electron chi connectivity index (χ1n) is 7.91. The molecule has 9 heteroatoms. The van der Waals surface area contributed by atoms with Crippen molar-refractivity contribution in [1.82, 2.24) is 0 Å². The first-order valence-corrected chi connectivity index (χ1v) is 9.39. The Bertz CT molecular complexity index is 1040. The van der Waals surface area contributed by atoms with Gasteiger partial charge in [0.25, 0.3) is 5.91 Å². The van der Waals surface area contributed by atoms with E-state index < -0.39 is 40.0 Å². The Labute approximate surface area is 153 Å². The van der Waals surface area contributed by atoms with Gasteiger partial charge in [0.2, 0.25) is 15.6 Å². The number of benzene rings is 2. The van der Waals surface area contributed by atoms with Gasteiger partial charge in [-0.05, 0) is 24.3 Å². The van der Waals surface area contributed by atoms with Crippen LogP contribution in [0.15, 0.2) is 52.3 Å². The van der Waals surface area contributed by atoms with Gasteiger partial charge in [-0.25, -0.2) is 8.42 Å². The highest BCUT2D eigenvalue weighted by atomic mass is 32.2. The second-order valence-electron chi connectivity index (χ2n) is 6.25. The molecule has 3 rings (SSSR count). The molecule has 27 heavy (non-hydrogen) atoms. The fraction of sp³-hybridized carbons (Fsp3) is 0.222. The number of halogens is 3. The van der Waals surface area contributed by atoms with Crippen LogP contribution in [0.1, 0.15) is 13.3 Å². The van der Waals surface area contributed by atoms with Crippen molar-refractivity contribution in [2.75, 3.05) is 5.32 Å². The second kappa shape index (κ2) is 6.49. The monoisotopic (exact) mass is 397 g/mol. The highest BCUT2D eigenvalue weighted by Gasteiger charge is 2.36. The molecule has 0 aliphatic carbocycles. The molecule has 1 unspecified atom stereocenters. The van der Waals surface area contributed by atoms with E-state index >= 15 is 0 Å². The number of carbonyl (C=O) groups excluding carboxylic acids is 2. The van der Waals surface area contributed by atoms with Crippen molar-refractivity contribution < 1.29 is 31.2 Å². The van der Waals surface area contributed by atoms with Crippen molar-refractivity contribution in [2.45, 2.75) is 29.3 Å². The van der Waals surface area contributed by atoms with Crippen LogP contribution >= 0.6 is 0 Å². The van der Waals surface area contributed by atoms with E-state index in [9.17, 15) is 31.2 Å². The molecule has 0 saturated heterocycles. The lowest BCUT2D eigenvalue weighted by Gasteiger charge is -2.13. The minimum atomic E-state index is -4.55. The Morgan fingerprint density at radius 1 is 1.04 bits per heavy atom. The second-order valence-corrected chi connectivity index (χ2v) is 8.14. The molecule has 2 aromatic carbocycles. The van der Waals surface area contributed by atoms with Crippen LogP contribution in [0.4, 0.5) is 18.9 Å². The number of amides is 1. The fourth-order valence-electron chi connectivity index (χ4n) is 2.95. The van der Waals surface area contributed by atoms with Gasteiger partial charge in [-0.15, -0.1) is 0 Å². The van der Waals surface area contributed by atoms with Gasteiger partial charge in [0.1, 0.15) is 0 Å². The van der Waals surface area contributed by atoms with Crippen LogP contribution < -0.4 is 5.32 Å². The highest BCUT2D eigenvalue weighted by molar-refractivity contribution is 7.92. The molecule has 0 fully saturated rings. The zero-order chi connectivity index (χ0) is 20.0. The van der Waals surface area contributed by atoms with Crippen molar-refractivity contribution in [3.8, 4) is 11.1 Å². The fourth-order valence-corrected chi connectivity index (χ4v) is 4.62. The summed E-state index contributed by atoms with van der Waals surface area (Å²) in [5, 5.41) is 2.25. The number of Topliss-reactive ketones (excluding diaryl/α,β-unsaturated/α-hetero) is 1. The average molecular weight is 397 g/mol. The molecule has 1 aliphatic rings. The Morgan fingerprint density at radius 3 is 2.33 bits per heavy atom. The molecule has 0 spiro atoms. The maximum absolute atomic E-state index is 12.5. The SMILES string of the molecule is CC(CC(F)(F)F)C(=O)C(=O)Nc1ccc2c(c1)-c1ccccc1S2(=O)=O. The minimum Gasteiger partial charge on any atom is -0.319 e. The van der Waals surface area contributed by atoms with Gasteiger partial charge in [0, 0.05) is 22.7 Å². The number of hydrogen-bond acceptors (Lipinski definition) is 4. The van der Waals surface area contributed by atoms with Gasteiger partial charge in [0.15, 0.2) is 0 Å². The van der Waals surface area contributed by atoms with Crippen LogP contribution in [0.2, 0.25) is 0 Å². The zero-order valence-corrected chi connectivity index (χ0v) is 14.8. The van der Waals surface area contributed by atoms with E-state index in [0.29, 0.717) is 11.1 Å².